The third kappa shape index (κ3) is 14.5. The van der Waals surface area contributed by atoms with Crippen LogP contribution < -0.4 is 15.4 Å². The van der Waals surface area contributed by atoms with Crippen LogP contribution in [0.1, 0.15) is 121 Å². The maximum Gasteiger partial charge on any atom is 0.410 e. The molecule has 2 fully saturated rings. The van der Waals surface area contributed by atoms with Gasteiger partial charge in [0, 0.05) is 31.1 Å². The number of likely N-dealkylation sites (tertiary alicyclic amines) is 1. The highest BCUT2D eigenvalue weighted by Gasteiger charge is 2.41. The van der Waals surface area contributed by atoms with E-state index in [2.05, 4.69) is 10.6 Å². The molecule has 2 aliphatic rings. The van der Waals surface area contributed by atoms with Crippen molar-refractivity contribution >= 4 is 41.1 Å². The molecule has 4 rings (SSSR count). The van der Waals surface area contributed by atoms with Crippen molar-refractivity contribution in [1.82, 2.24) is 25.4 Å². The maximum absolute atomic E-state index is 14.4. The number of rotatable bonds is 18. The fraction of sp³-hybridized carbons (Fsp3) is 0.667. The fourth-order valence-electron chi connectivity index (χ4n) is 6.76. The van der Waals surface area contributed by atoms with E-state index in [0.717, 1.165) is 38.5 Å². The molecule has 0 spiro atoms. The fourth-order valence-corrected chi connectivity index (χ4v) is 7.70. The number of thiazole rings is 1. The first-order chi connectivity index (χ1) is 27.4. The zero-order valence-corrected chi connectivity index (χ0v) is 36.2. The lowest BCUT2D eigenvalue weighted by molar-refractivity contribution is -0.140. The van der Waals surface area contributed by atoms with Crippen LogP contribution in [0.3, 0.4) is 0 Å². The first-order valence-corrected chi connectivity index (χ1v) is 21.2. The number of aromatic nitrogens is 1. The summed E-state index contributed by atoms with van der Waals surface area (Å²) in [6, 6.07) is 4.98. The number of ketones is 1. The molecule has 2 heterocycles. The number of benzene rings is 1. The summed E-state index contributed by atoms with van der Waals surface area (Å²) < 4.78 is 27.5. The van der Waals surface area contributed by atoms with Crippen LogP contribution in [0, 0.1) is 5.92 Å². The van der Waals surface area contributed by atoms with Gasteiger partial charge >= 0.3 is 12.2 Å². The van der Waals surface area contributed by atoms with Crippen molar-refractivity contribution in [2.24, 2.45) is 5.92 Å². The lowest BCUT2D eigenvalue weighted by atomic mass is 9.83. The SMILES string of the molecule is C[C@@H](C(=O)N[C@H](C(=O)N1CCC[C@H]1c1nc(C(=O)c2cccc(OCCOCCOCCNC(=O)OC(C)(C)C)c2)cs1)C1CCCCC1)N(C)C(=O)OC(C)(C)C. The predicted molar refractivity (Wildman–Crippen MR) is 219 cm³/mol. The van der Waals surface area contributed by atoms with E-state index < -0.39 is 41.4 Å². The summed E-state index contributed by atoms with van der Waals surface area (Å²) in [6.45, 7) is 14.8. The molecule has 2 N–H and O–H groups in total. The molecule has 2 aromatic rings. The van der Waals surface area contributed by atoms with Crippen molar-refractivity contribution in [2.45, 2.75) is 123 Å². The minimum absolute atomic E-state index is 0.0275. The van der Waals surface area contributed by atoms with E-state index in [1.807, 2.05) is 4.90 Å². The Morgan fingerprint density at radius 2 is 1.57 bits per heavy atom. The molecule has 3 atom stereocenters. The number of alkyl carbamates (subject to hydrolysis) is 1. The van der Waals surface area contributed by atoms with Gasteiger partial charge in [-0.3, -0.25) is 19.3 Å². The Labute approximate surface area is 346 Å². The van der Waals surface area contributed by atoms with Gasteiger partial charge < -0.3 is 39.2 Å². The molecule has 0 radical (unpaired) electrons. The molecule has 1 aromatic carbocycles. The van der Waals surface area contributed by atoms with Gasteiger partial charge in [-0.25, -0.2) is 14.6 Å². The summed E-state index contributed by atoms with van der Waals surface area (Å²) >= 11 is 1.35. The van der Waals surface area contributed by atoms with Gasteiger partial charge in [0.1, 0.15) is 46.3 Å². The van der Waals surface area contributed by atoms with Crippen molar-refractivity contribution in [3.8, 4) is 5.75 Å². The van der Waals surface area contributed by atoms with E-state index in [0.29, 0.717) is 62.3 Å². The van der Waals surface area contributed by atoms with E-state index >= 15 is 0 Å². The molecule has 322 valence electrons. The molecule has 0 bridgehead atoms. The van der Waals surface area contributed by atoms with Crippen LogP contribution in [-0.4, -0.2) is 121 Å². The van der Waals surface area contributed by atoms with Gasteiger partial charge in [0.05, 0.1) is 32.5 Å². The van der Waals surface area contributed by atoms with Crippen LogP contribution in [0.5, 0.6) is 5.75 Å². The highest BCUT2D eigenvalue weighted by molar-refractivity contribution is 7.10. The number of carbonyl (C=O) groups is 5. The molecule has 1 aliphatic heterocycles. The number of nitrogens with zero attached hydrogens (tertiary/aromatic N) is 3. The van der Waals surface area contributed by atoms with Gasteiger partial charge in [0.25, 0.3) is 0 Å². The van der Waals surface area contributed by atoms with E-state index in [9.17, 15) is 24.0 Å². The van der Waals surface area contributed by atoms with Gasteiger partial charge in [-0.2, -0.15) is 0 Å². The minimum atomic E-state index is -0.855. The van der Waals surface area contributed by atoms with Gasteiger partial charge in [-0.1, -0.05) is 31.4 Å². The van der Waals surface area contributed by atoms with Gasteiger partial charge in [0.2, 0.25) is 17.6 Å². The number of likely N-dealkylation sites (N-methyl/N-ethyl adjacent to an activating group) is 1. The summed E-state index contributed by atoms with van der Waals surface area (Å²) in [5, 5.41) is 8.07. The monoisotopic (exact) mass is 829 g/mol. The normalized spacial score (nSPS) is 17.2. The average Bonchev–Trinajstić information content (AvgIpc) is 3.86. The molecule has 1 aliphatic carbocycles. The summed E-state index contributed by atoms with van der Waals surface area (Å²) in [6.07, 6.45) is 5.06. The Bertz CT molecular complexity index is 1680. The molecule has 1 saturated carbocycles. The number of nitrogens with one attached hydrogen (secondary N) is 2. The van der Waals surface area contributed by atoms with Crippen LogP contribution in [0.15, 0.2) is 29.6 Å². The molecular weight excluding hydrogens is 767 g/mol. The van der Waals surface area contributed by atoms with Crippen molar-refractivity contribution in [3.05, 3.63) is 45.9 Å². The third-order valence-corrected chi connectivity index (χ3v) is 10.7. The van der Waals surface area contributed by atoms with Gasteiger partial charge in [-0.15, -0.1) is 11.3 Å². The zero-order valence-electron chi connectivity index (χ0n) is 35.4. The van der Waals surface area contributed by atoms with Crippen molar-refractivity contribution in [2.75, 3.05) is 53.2 Å². The number of carbonyl (C=O) groups excluding carboxylic acids is 5. The molecule has 1 saturated heterocycles. The van der Waals surface area contributed by atoms with Crippen LogP contribution in [0.4, 0.5) is 9.59 Å². The quantitative estimate of drug-likeness (QED) is 0.128. The molecule has 1 aromatic heterocycles. The van der Waals surface area contributed by atoms with E-state index in [1.165, 1.54) is 23.3 Å². The minimum Gasteiger partial charge on any atom is -0.491 e. The molecular formula is C42H63N5O10S. The first kappa shape index (κ1) is 46.4. The predicted octanol–water partition coefficient (Wildman–Crippen LogP) is 6.29. The zero-order chi connectivity index (χ0) is 42.5. The van der Waals surface area contributed by atoms with Crippen molar-refractivity contribution < 1.29 is 47.7 Å². The number of ether oxygens (including phenoxy) is 5. The first-order valence-electron chi connectivity index (χ1n) is 20.4. The number of amides is 4. The van der Waals surface area contributed by atoms with Crippen LogP contribution in [0.2, 0.25) is 0 Å². The second-order valence-electron chi connectivity index (χ2n) is 16.8. The van der Waals surface area contributed by atoms with Gasteiger partial charge in [0.15, 0.2) is 0 Å². The van der Waals surface area contributed by atoms with Crippen LogP contribution >= 0.6 is 11.3 Å². The second-order valence-corrected chi connectivity index (χ2v) is 17.7. The maximum atomic E-state index is 14.4. The Morgan fingerprint density at radius 3 is 2.26 bits per heavy atom. The molecule has 16 heteroatoms. The summed E-state index contributed by atoms with van der Waals surface area (Å²) in [5.74, 6) is -0.341. The largest absolute Gasteiger partial charge is 0.491 e. The summed E-state index contributed by atoms with van der Waals surface area (Å²) in [4.78, 5) is 73.8. The Hall–Kier alpha value is -4.28. The van der Waals surface area contributed by atoms with Crippen molar-refractivity contribution in [3.63, 3.8) is 0 Å². The van der Waals surface area contributed by atoms with E-state index in [4.69, 9.17) is 28.7 Å². The lowest BCUT2D eigenvalue weighted by Gasteiger charge is -2.36. The highest BCUT2D eigenvalue weighted by Crippen LogP contribution is 2.37. The Kier molecular flexibility index (Phi) is 17.3. The lowest BCUT2D eigenvalue weighted by Crippen LogP contribution is -2.56. The summed E-state index contributed by atoms with van der Waals surface area (Å²) in [7, 11) is 1.52. The smallest absolute Gasteiger partial charge is 0.410 e. The Morgan fingerprint density at radius 1 is 0.897 bits per heavy atom. The Balaban J connectivity index is 1.29. The molecule has 58 heavy (non-hydrogen) atoms. The molecule has 15 nitrogen and oxygen atoms in total. The number of hydrogen-bond acceptors (Lipinski definition) is 12. The highest BCUT2D eigenvalue weighted by atomic mass is 32.1. The molecule has 4 amide bonds. The third-order valence-electron chi connectivity index (χ3n) is 9.78. The van der Waals surface area contributed by atoms with Crippen LogP contribution in [0.25, 0.3) is 0 Å². The summed E-state index contributed by atoms with van der Waals surface area (Å²) in [5.41, 5.74) is -0.557. The number of hydrogen-bond donors (Lipinski definition) is 2. The standard InChI is InChI=1S/C42H63N5O10S/c1-28(46(8)40(52)57-42(5,6)7)36(49)45-34(29-14-10-9-11-15-29)38(50)47-20-13-18-33(47)37-44-32(27-58-37)35(48)30-16-12-17-31(26-30)55-25-24-54-23-22-53-21-19-43-39(51)56-41(2,3)4/h12,16-17,26-29,33-34H,9-11,13-15,18-25H2,1-8H3,(H,43,51)(H,45,49)/t28-,33-,34-/m0/s1. The van der Waals surface area contributed by atoms with E-state index in [1.54, 1.807) is 78.1 Å². The molecule has 0 unspecified atom stereocenters. The second kappa shape index (κ2) is 21.6. The van der Waals surface area contributed by atoms with Crippen molar-refractivity contribution in [1.29, 1.82) is 0 Å². The topological polar surface area (TPSA) is 175 Å². The van der Waals surface area contributed by atoms with Gasteiger partial charge in [-0.05, 0) is 92.2 Å². The van der Waals surface area contributed by atoms with E-state index in [-0.39, 0.29) is 36.0 Å². The average molecular weight is 830 g/mol. The van der Waals surface area contributed by atoms with Crippen LogP contribution in [-0.2, 0) is 28.5 Å².